The third-order valence-electron chi connectivity index (χ3n) is 2.19. The zero-order chi connectivity index (χ0) is 11.4. The summed E-state index contributed by atoms with van der Waals surface area (Å²) in [6, 6.07) is -0.558. The third-order valence-corrected chi connectivity index (χ3v) is 4.19. The fourth-order valence-electron chi connectivity index (χ4n) is 0.907. The first-order valence-corrected chi connectivity index (χ1v) is 6.23. The molecule has 14 heavy (non-hydrogen) atoms. The zero-order valence-corrected chi connectivity index (χ0v) is 9.76. The average molecular weight is 221 g/mol. The summed E-state index contributed by atoms with van der Waals surface area (Å²) in [5.74, 6) is -0.00924. The molecule has 0 aromatic heterocycles. The standard InChI is InChI=1S/C8H19N3O2S/c1-4-5-6-14(12,13)11(3)7(2)8(9)10/h7H,4-6H2,1-3H3,(H3,9,10). The van der Waals surface area contributed by atoms with Gasteiger partial charge >= 0.3 is 0 Å². The van der Waals surface area contributed by atoms with Gasteiger partial charge in [0.2, 0.25) is 10.0 Å². The van der Waals surface area contributed by atoms with E-state index in [-0.39, 0.29) is 11.6 Å². The Labute approximate surface area is 85.8 Å². The summed E-state index contributed by atoms with van der Waals surface area (Å²) < 4.78 is 24.4. The van der Waals surface area contributed by atoms with Crippen LogP contribution >= 0.6 is 0 Å². The van der Waals surface area contributed by atoms with Crippen LogP contribution in [0.5, 0.6) is 0 Å². The number of unbranched alkanes of at least 4 members (excludes halogenated alkanes) is 1. The smallest absolute Gasteiger partial charge is 0.214 e. The summed E-state index contributed by atoms with van der Waals surface area (Å²) in [6.45, 7) is 3.54. The number of amidine groups is 1. The molecule has 0 aliphatic heterocycles. The molecule has 1 unspecified atom stereocenters. The maximum absolute atomic E-state index is 11.6. The first-order valence-electron chi connectivity index (χ1n) is 4.62. The summed E-state index contributed by atoms with van der Waals surface area (Å²) in [6.07, 6.45) is 1.47. The quantitative estimate of drug-likeness (QED) is 0.502. The van der Waals surface area contributed by atoms with E-state index < -0.39 is 16.1 Å². The highest BCUT2D eigenvalue weighted by molar-refractivity contribution is 7.89. The van der Waals surface area contributed by atoms with Gasteiger partial charge in [-0.25, -0.2) is 8.42 Å². The minimum atomic E-state index is -3.25. The lowest BCUT2D eigenvalue weighted by molar-refractivity contribution is 0.447. The number of nitrogens with zero attached hydrogens (tertiary/aromatic N) is 1. The maximum Gasteiger partial charge on any atom is 0.214 e. The van der Waals surface area contributed by atoms with Gasteiger partial charge in [-0.15, -0.1) is 0 Å². The second kappa shape index (κ2) is 5.31. The molecular weight excluding hydrogens is 202 g/mol. The van der Waals surface area contributed by atoms with E-state index in [1.165, 1.54) is 7.05 Å². The molecule has 0 amide bonds. The first kappa shape index (κ1) is 13.4. The van der Waals surface area contributed by atoms with Gasteiger partial charge in [0, 0.05) is 7.05 Å². The van der Waals surface area contributed by atoms with Crippen LogP contribution in [-0.4, -0.2) is 37.4 Å². The van der Waals surface area contributed by atoms with Crippen molar-refractivity contribution in [3.63, 3.8) is 0 Å². The molecule has 3 N–H and O–H groups in total. The van der Waals surface area contributed by atoms with E-state index in [1.54, 1.807) is 6.92 Å². The summed E-state index contributed by atoms with van der Waals surface area (Å²) in [5, 5.41) is 7.16. The Hall–Kier alpha value is -0.620. The molecule has 0 spiro atoms. The van der Waals surface area contributed by atoms with Crippen molar-refractivity contribution in [3.8, 4) is 0 Å². The van der Waals surface area contributed by atoms with Crippen molar-refractivity contribution in [2.45, 2.75) is 32.7 Å². The predicted molar refractivity (Wildman–Crippen MR) is 57.8 cm³/mol. The highest BCUT2D eigenvalue weighted by Gasteiger charge is 2.23. The minimum Gasteiger partial charge on any atom is -0.386 e. The van der Waals surface area contributed by atoms with E-state index in [4.69, 9.17) is 11.1 Å². The first-order chi connectivity index (χ1) is 6.33. The topological polar surface area (TPSA) is 87.2 Å². The second-order valence-corrected chi connectivity index (χ2v) is 5.47. The molecule has 0 saturated heterocycles. The van der Waals surface area contributed by atoms with E-state index in [1.807, 2.05) is 6.92 Å². The summed E-state index contributed by atoms with van der Waals surface area (Å²) in [7, 11) is -1.80. The Kier molecular flexibility index (Phi) is 5.07. The van der Waals surface area contributed by atoms with Crippen LogP contribution in [0.1, 0.15) is 26.7 Å². The molecule has 0 heterocycles. The monoisotopic (exact) mass is 221 g/mol. The molecule has 1 atom stereocenters. The van der Waals surface area contributed by atoms with Gasteiger partial charge in [0.1, 0.15) is 5.84 Å². The number of hydrogen-bond acceptors (Lipinski definition) is 3. The molecule has 0 aliphatic rings. The maximum atomic E-state index is 11.6. The van der Waals surface area contributed by atoms with E-state index in [0.29, 0.717) is 6.42 Å². The van der Waals surface area contributed by atoms with Crippen LogP contribution in [-0.2, 0) is 10.0 Å². The van der Waals surface area contributed by atoms with E-state index >= 15 is 0 Å². The normalized spacial score (nSPS) is 14.3. The van der Waals surface area contributed by atoms with Crippen LogP contribution in [0.15, 0.2) is 0 Å². The van der Waals surface area contributed by atoms with E-state index in [0.717, 1.165) is 10.7 Å². The molecule has 0 fully saturated rings. The Bertz CT molecular complexity index is 287. The van der Waals surface area contributed by atoms with Crippen molar-refractivity contribution < 1.29 is 8.42 Å². The molecule has 84 valence electrons. The number of nitrogens with one attached hydrogen (secondary N) is 1. The summed E-state index contributed by atoms with van der Waals surface area (Å²) >= 11 is 0. The van der Waals surface area contributed by atoms with Crippen molar-refractivity contribution >= 4 is 15.9 Å². The van der Waals surface area contributed by atoms with Crippen LogP contribution < -0.4 is 5.73 Å². The Balaban J connectivity index is 4.50. The molecule has 0 rings (SSSR count). The number of rotatable bonds is 6. The van der Waals surface area contributed by atoms with Gasteiger partial charge in [-0.05, 0) is 13.3 Å². The lowest BCUT2D eigenvalue weighted by atomic mass is 10.3. The number of sulfonamides is 1. The molecular formula is C8H19N3O2S. The summed E-state index contributed by atoms with van der Waals surface area (Å²) in [4.78, 5) is 0. The number of likely N-dealkylation sites (N-methyl/N-ethyl adjacent to an activating group) is 1. The van der Waals surface area contributed by atoms with Crippen molar-refractivity contribution in [2.75, 3.05) is 12.8 Å². The fraction of sp³-hybridized carbons (Fsp3) is 0.875. The Morgan fingerprint density at radius 1 is 1.57 bits per heavy atom. The van der Waals surface area contributed by atoms with Crippen molar-refractivity contribution in [1.82, 2.24) is 4.31 Å². The van der Waals surface area contributed by atoms with Crippen LogP contribution in [0.3, 0.4) is 0 Å². The van der Waals surface area contributed by atoms with Gasteiger partial charge in [-0.2, -0.15) is 4.31 Å². The molecule has 0 bridgehead atoms. The molecule has 0 radical (unpaired) electrons. The van der Waals surface area contributed by atoms with E-state index in [9.17, 15) is 8.42 Å². The highest BCUT2D eigenvalue weighted by Crippen LogP contribution is 2.06. The molecule has 0 aromatic carbocycles. The molecule has 0 aromatic rings. The largest absolute Gasteiger partial charge is 0.386 e. The van der Waals surface area contributed by atoms with Crippen LogP contribution in [0, 0.1) is 5.41 Å². The summed E-state index contributed by atoms with van der Waals surface area (Å²) in [5.41, 5.74) is 5.24. The van der Waals surface area contributed by atoms with Gasteiger partial charge in [0.15, 0.2) is 0 Å². The molecule has 0 aliphatic carbocycles. The van der Waals surface area contributed by atoms with Gasteiger partial charge in [0.25, 0.3) is 0 Å². The third kappa shape index (κ3) is 3.63. The van der Waals surface area contributed by atoms with Gasteiger partial charge < -0.3 is 5.73 Å². The minimum absolute atomic E-state index is 0.123. The number of nitrogens with two attached hydrogens (primary N) is 1. The second-order valence-electron chi connectivity index (χ2n) is 3.32. The lowest BCUT2D eigenvalue weighted by Crippen LogP contribution is -2.44. The van der Waals surface area contributed by atoms with Gasteiger partial charge in [0.05, 0.1) is 11.8 Å². The molecule has 0 saturated carbocycles. The Morgan fingerprint density at radius 2 is 2.07 bits per heavy atom. The number of hydrogen-bond donors (Lipinski definition) is 2. The van der Waals surface area contributed by atoms with Crippen LogP contribution in [0.25, 0.3) is 0 Å². The average Bonchev–Trinajstić information content (AvgIpc) is 2.12. The van der Waals surface area contributed by atoms with Crippen molar-refractivity contribution in [1.29, 1.82) is 5.41 Å². The predicted octanol–water partition coefficient (Wildman–Crippen LogP) is 0.373. The SMILES string of the molecule is CCCCS(=O)(=O)N(C)C(C)C(=N)N. The zero-order valence-electron chi connectivity index (χ0n) is 8.95. The van der Waals surface area contributed by atoms with Crippen LogP contribution in [0.2, 0.25) is 0 Å². The lowest BCUT2D eigenvalue weighted by Gasteiger charge is -2.22. The highest BCUT2D eigenvalue weighted by atomic mass is 32.2. The van der Waals surface area contributed by atoms with Crippen molar-refractivity contribution in [3.05, 3.63) is 0 Å². The Morgan fingerprint density at radius 3 is 2.43 bits per heavy atom. The molecule has 5 nitrogen and oxygen atoms in total. The fourth-order valence-corrected chi connectivity index (χ4v) is 2.44. The van der Waals surface area contributed by atoms with E-state index in [2.05, 4.69) is 0 Å². The van der Waals surface area contributed by atoms with Gasteiger partial charge in [-0.3, -0.25) is 5.41 Å². The molecule has 6 heteroatoms. The van der Waals surface area contributed by atoms with Gasteiger partial charge in [-0.1, -0.05) is 13.3 Å². The van der Waals surface area contributed by atoms with Crippen LogP contribution in [0.4, 0.5) is 0 Å². The van der Waals surface area contributed by atoms with Crippen molar-refractivity contribution in [2.24, 2.45) is 5.73 Å².